The van der Waals surface area contributed by atoms with Gasteiger partial charge in [-0.3, -0.25) is 18.9 Å². The summed E-state index contributed by atoms with van der Waals surface area (Å²) in [6.45, 7) is 7.92. The summed E-state index contributed by atoms with van der Waals surface area (Å²) in [6.07, 6.45) is 2.86. The van der Waals surface area contributed by atoms with Gasteiger partial charge in [-0.2, -0.15) is 0 Å². The second-order valence-electron chi connectivity index (χ2n) is 9.67. The molecule has 1 unspecified atom stereocenters. The van der Waals surface area contributed by atoms with Crippen molar-refractivity contribution in [1.82, 2.24) is 19.6 Å². The standard InChI is InChI=1S/C28H29ClFN5O6S/c1-16(9-24(27(31-3)40-4)34-42(38,39)25-8-6-19(30)11-22(25)29)18-5-7-23-21(10-18)28(37)35(15-32-23)12-17(2)26(36)33-20-13-41-14-20/h5-11,15,17,20,34H,3,12-14H2,1-2,4H3,(H,33,36)/b16-9+,27-24-. The molecule has 0 bridgehead atoms. The van der Waals surface area contributed by atoms with Gasteiger partial charge in [-0.1, -0.05) is 24.6 Å². The van der Waals surface area contributed by atoms with E-state index in [4.69, 9.17) is 21.1 Å². The first-order chi connectivity index (χ1) is 19.9. The van der Waals surface area contributed by atoms with Gasteiger partial charge in [0.05, 0.1) is 54.5 Å². The number of nitrogens with zero attached hydrogens (tertiary/aromatic N) is 3. The number of carbonyl (C=O) groups excluding carboxylic acids is 1. The Hall–Kier alpha value is -4.07. The van der Waals surface area contributed by atoms with Crippen LogP contribution in [0.15, 0.2) is 75.1 Å². The molecule has 222 valence electrons. The number of allylic oxidation sites excluding steroid dienone is 2. The van der Waals surface area contributed by atoms with Crippen LogP contribution in [0.25, 0.3) is 16.5 Å². The van der Waals surface area contributed by atoms with E-state index < -0.39 is 21.8 Å². The number of nitrogens with one attached hydrogen (secondary N) is 2. The maximum atomic E-state index is 13.5. The Morgan fingerprint density at radius 1 is 1.33 bits per heavy atom. The predicted octanol–water partition coefficient (Wildman–Crippen LogP) is 3.24. The summed E-state index contributed by atoms with van der Waals surface area (Å²) < 4.78 is 53.8. The summed E-state index contributed by atoms with van der Waals surface area (Å²) in [7, 11) is -3.00. The Labute approximate surface area is 246 Å². The molecule has 0 saturated carbocycles. The fraction of sp³-hybridized carbons (Fsp3) is 0.286. The van der Waals surface area contributed by atoms with Gasteiger partial charge in [0.15, 0.2) is 0 Å². The number of hydrogen-bond donors (Lipinski definition) is 2. The van der Waals surface area contributed by atoms with E-state index in [2.05, 4.69) is 26.7 Å². The second-order valence-corrected chi connectivity index (χ2v) is 11.7. The number of sulfonamides is 1. The lowest BCUT2D eigenvalue weighted by molar-refractivity contribution is -0.129. The van der Waals surface area contributed by atoms with E-state index in [1.54, 1.807) is 32.0 Å². The first-order valence-corrected chi connectivity index (χ1v) is 14.6. The van der Waals surface area contributed by atoms with Crippen LogP contribution in [-0.4, -0.2) is 57.0 Å². The lowest BCUT2D eigenvalue weighted by atomic mass is 10.0. The van der Waals surface area contributed by atoms with E-state index in [0.717, 1.165) is 18.2 Å². The van der Waals surface area contributed by atoms with Gasteiger partial charge in [0.2, 0.25) is 11.8 Å². The number of methoxy groups -OCH3 is 1. The Morgan fingerprint density at radius 3 is 2.69 bits per heavy atom. The number of fused-ring (bicyclic) bond motifs is 1. The van der Waals surface area contributed by atoms with Crippen molar-refractivity contribution in [3.05, 3.63) is 87.1 Å². The number of benzene rings is 2. The number of hydrogen-bond acceptors (Lipinski definition) is 8. The van der Waals surface area contributed by atoms with Crippen molar-refractivity contribution in [2.75, 3.05) is 20.3 Å². The van der Waals surface area contributed by atoms with Crippen LogP contribution in [0.5, 0.6) is 0 Å². The SMILES string of the molecule is C=N/C(OC)=C(\C=C(/C)c1ccc2ncn(CC(C)C(=O)NC3COC3)c(=O)c2c1)NS(=O)(=O)c1ccc(F)cc1Cl. The van der Waals surface area contributed by atoms with Gasteiger partial charge in [0, 0.05) is 6.54 Å². The van der Waals surface area contributed by atoms with Gasteiger partial charge in [-0.05, 0) is 61.2 Å². The number of rotatable bonds is 11. The van der Waals surface area contributed by atoms with Crippen LogP contribution in [0.1, 0.15) is 19.4 Å². The number of amides is 1. The maximum absolute atomic E-state index is 13.5. The van der Waals surface area contributed by atoms with Gasteiger partial charge >= 0.3 is 0 Å². The second kappa shape index (κ2) is 12.8. The van der Waals surface area contributed by atoms with Crippen LogP contribution >= 0.6 is 11.6 Å². The molecule has 2 N–H and O–H groups in total. The van der Waals surface area contributed by atoms with Crippen LogP contribution in [-0.2, 0) is 30.8 Å². The van der Waals surface area contributed by atoms with Crippen molar-refractivity contribution in [2.45, 2.75) is 31.3 Å². The smallest absolute Gasteiger partial charge is 0.263 e. The lowest BCUT2D eigenvalue weighted by Crippen LogP contribution is -2.50. The first kappa shape index (κ1) is 30.9. The van der Waals surface area contributed by atoms with Crippen LogP contribution < -0.4 is 15.6 Å². The highest BCUT2D eigenvalue weighted by Gasteiger charge is 2.24. The molecule has 3 aromatic rings. The largest absolute Gasteiger partial charge is 0.480 e. The Morgan fingerprint density at radius 2 is 2.07 bits per heavy atom. The fourth-order valence-corrected chi connectivity index (χ4v) is 5.74. The molecule has 1 saturated heterocycles. The minimum absolute atomic E-state index is 0.0188. The minimum atomic E-state index is -4.29. The third kappa shape index (κ3) is 6.86. The number of halogens is 2. The Bertz CT molecular complexity index is 1770. The molecule has 0 radical (unpaired) electrons. The summed E-state index contributed by atoms with van der Waals surface area (Å²) in [5.41, 5.74) is 1.14. The highest BCUT2D eigenvalue weighted by atomic mass is 35.5. The zero-order valence-electron chi connectivity index (χ0n) is 23.1. The highest BCUT2D eigenvalue weighted by Crippen LogP contribution is 2.25. The number of carbonyl (C=O) groups is 1. The Kier molecular flexibility index (Phi) is 9.44. The van der Waals surface area contributed by atoms with Crippen LogP contribution in [0, 0.1) is 11.7 Å². The first-order valence-electron chi connectivity index (χ1n) is 12.7. The van der Waals surface area contributed by atoms with E-state index >= 15 is 0 Å². The molecule has 11 nitrogen and oxygen atoms in total. The molecule has 42 heavy (non-hydrogen) atoms. The van der Waals surface area contributed by atoms with Crippen LogP contribution in [0.2, 0.25) is 5.02 Å². The van der Waals surface area contributed by atoms with E-state index in [1.807, 2.05) is 0 Å². The van der Waals surface area contributed by atoms with Crippen molar-refractivity contribution in [2.24, 2.45) is 10.9 Å². The Balaban J connectivity index is 1.66. The van der Waals surface area contributed by atoms with Crippen molar-refractivity contribution < 1.29 is 27.1 Å². The molecule has 0 spiro atoms. The predicted molar refractivity (Wildman–Crippen MR) is 157 cm³/mol. The van der Waals surface area contributed by atoms with Crippen LogP contribution in [0.4, 0.5) is 4.39 Å². The van der Waals surface area contributed by atoms with Gasteiger partial charge in [-0.25, -0.2) is 22.8 Å². The summed E-state index contributed by atoms with van der Waals surface area (Å²) in [4.78, 5) is 33.6. The van der Waals surface area contributed by atoms with Crippen molar-refractivity contribution in [1.29, 1.82) is 0 Å². The molecule has 1 atom stereocenters. The molecule has 1 aliphatic heterocycles. The summed E-state index contributed by atoms with van der Waals surface area (Å²) in [5, 5.41) is 2.88. The summed E-state index contributed by atoms with van der Waals surface area (Å²) in [6, 6.07) is 7.88. The summed E-state index contributed by atoms with van der Waals surface area (Å²) in [5.74, 6) is -1.50. The average molecular weight is 618 g/mol. The quantitative estimate of drug-likeness (QED) is 0.191. The molecule has 1 fully saturated rings. The fourth-order valence-electron chi connectivity index (χ4n) is 4.16. The highest BCUT2D eigenvalue weighted by molar-refractivity contribution is 7.89. The van der Waals surface area contributed by atoms with Gasteiger partial charge < -0.3 is 14.8 Å². The van der Waals surface area contributed by atoms with Crippen molar-refractivity contribution in [3.8, 4) is 0 Å². The summed E-state index contributed by atoms with van der Waals surface area (Å²) >= 11 is 5.99. The normalized spacial score (nSPS) is 15.4. The number of aromatic nitrogens is 2. The molecule has 4 rings (SSSR count). The van der Waals surface area contributed by atoms with Gasteiger partial charge in [0.1, 0.15) is 16.4 Å². The average Bonchev–Trinajstić information content (AvgIpc) is 2.92. The lowest BCUT2D eigenvalue weighted by Gasteiger charge is -2.28. The van der Waals surface area contributed by atoms with E-state index in [9.17, 15) is 22.4 Å². The zero-order chi connectivity index (χ0) is 30.6. The zero-order valence-corrected chi connectivity index (χ0v) is 24.6. The minimum Gasteiger partial charge on any atom is -0.480 e. The van der Waals surface area contributed by atoms with Crippen molar-refractivity contribution >= 4 is 50.7 Å². The number of ether oxygens (including phenoxy) is 2. The molecule has 2 heterocycles. The van der Waals surface area contributed by atoms with E-state index in [-0.39, 0.29) is 45.6 Å². The molecular weight excluding hydrogens is 589 g/mol. The molecule has 1 aliphatic rings. The third-order valence-corrected chi connectivity index (χ3v) is 8.39. The van der Waals surface area contributed by atoms with Gasteiger partial charge in [0.25, 0.3) is 15.6 Å². The third-order valence-electron chi connectivity index (χ3n) is 6.54. The molecular formula is C28H29ClFN5O6S. The molecule has 1 amide bonds. The van der Waals surface area contributed by atoms with Gasteiger partial charge in [-0.15, -0.1) is 0 Å². The molecule has 0 aliphatic carbocycles. The maximum Gasteiger partial charge on any atom is 0.263 e. The number of aliphatic imine (C=N–C) groups is 1. The van der Waals surface area contributed by atoms with E-state index in [0.29, 0.717) is 35.3 Å². The molecule has 2 aromatic carbocycles. The molecule has 1 aromatic heterocycles. The van der Waals surface area contributed by atoms with Crippen molar-refractivity contribution in [3.63, 3.8) is 0 Å². The van der Waals surface area contributed by atoms with Crippen LogP contribution in [0.3, 0.4) is 0 Å². The monoisotopic (exact) mass is 617 g/mol. The molecule has 14 heteroatoms. The topological polar surface area (TPSA) is 141 Å². The van der Waals surface area contributed by atoms with E-state index in [1.165, 1.54) is 24.1 Å².